The Morgan fingerprint density at radius 3 is 2.27 bits per heavy atom. The predicted molar refractivity (Wildman–Crippen MR) is 141 cm³/mol. The zero-order chi connectivity index (χ0) is 24.8. The molecule has 2 aromatic rings. The number of benzene rings is 2. The van der Waals surface area contributed by atoms with Gasteiger partial charge in [0.2, 0.25) is 21.8 Å². The molecule has 0 fully saturated rings. The first-order valence-electron chi connectivity index (χ1n) is 10.4. The Balaban J connectivity index is 2.35. The fourth-order valence-electron chi connectivity index (χ4n) is 3.09. The Bertz CT molecular complexity index is 1080. The van der Waals surface area contributed by atoms with Crippen LogP contribution in [0.4, 0.5) is 5.69 Å². The summed E-state index contributed by atoms with van der Waals surface area (Å²) in [6.45, 7) is 5.74. The summed E-state index contributed by atoms with van der Waals surface area (Å²) in [5.74, 6) is -0.551. The smallest absolute Gasteiger partial charge is 0.244 e. The second kappa shape index (κ2) is 12.0. The van der Waals surface area contributed by atoms with Gasteiger partial charge in [-0.15, -0.1) is 0 Å². The van der Waals surface area contributed by atoms with E-state index in [9.17, 15) is 18.0 Å². The lowest BCUT2D eigenvalue weighted by molar-refractivity contribution is -0.139. The molecule has 2 aromatic carbocycles. The minimum Gasteiger partial charge on any atom is -0.354 e. The highest BCUT2D eigenvalue weighted by atomic mass is 127. The van der Waals surface area contributed by atoms with Crippen LogP contribution in [0.15, 0.2) is 48.5 Å². The van der Waals surface area contributed by atoms with Crippen molar-refractivity contribution in [2.24, 2.45) is 5.92 Å². The lowest BCUT2D eigenvalue weighted by Gasteiger charge is -2.31. The molecule has 0 aliphatic rings. The predicted octanol–water partition coefficient (Wildman–Crippen LogP) is 3.90. The lowest BCUT2D eigenvalue weighted by Crippen LogP contribution is -2.51. The van der Waals surface area contributed by atoms with E-state index >= 15 is 0 Å². The van der Waals surface area contributed by atoms with Crippen LogP contribution in [0.3, 0.4) is 0 Å². The lowest BCUT2D eigenvalue weighted by atomic mass is 10.1. The first kappa shape index (κ1) is 27.4. The summed E-state index contributed by atoms with van der Waals surface area (Å²) in [5.41, 5.74) is 1.12. The van der Waals surface area contributed by atoms with E-state index < -0.39 is 28.5 Å². The number of halogens is 2. The summed E-state index contributed by atoms with van der Waals surface area (Å²) >= 11 is 8.22. The van der Waals surface area contributed by atoms with Crippen molar-refractivity contribution in [1.29, 1.82) is 0 Å². The Kier molecular flexibility index (Phi) is 9.99. The highest BCUT2D eigenvalue weighted by molar-refractivity contribution is 14.1. The third-order valence-electron chi connectivity index (χ3n) is 4.89. The number of hydrogen-bond acceptors (Lipinski definition) is 4. The number of anilines is 1. The highest BCUT2D eigenvalue weighted by Gasteiger charge is 2.30. The molecule has 33 heavy (non-hydrogen) atoms. The molecular formula is C23H29ClIN3O4S. The maximum Gasteiger partial charge on any atom is 0.244 e. The SMILES string of the molecule is CC(C)CNC(=O)[C@@H](C)N(Cc1cccc(Cl)c1)C(=O)CN(c1ccc(I)cc1)S(C)(=O)=O. The third-order valence-corrected chi connectivity index (χ3v) is 6.98. The van der Waals surface area contributed by atoms with Crippen LogP contribution in [-0.4, -0.2) is 50.5 Å². The average Bonchev–Trinajstić information content (AvgIpc) is 2.73. The van der Waals surface area contributed by atoms with E-state index in [-0.39, 0.29) is 18.4 Å². The Hall–Kier alpha value is -1.85. The van der Waals surface area contributed by atoms with Crippen molar-refractivity contribution in [2.75, 3.05) is 23.7 Å². The van der Waals surface area contributed by atoms with Crippen LogP contribution >= 0.6 is 34.2 Å². The van der Waals surface area contributed by atoms with Gasteiger partial charge in [0.05, 0.1) is 11.9 Å². The number of nitrogens with zero attached hydrogens (tertiary/aromatic N) is 2. The number of amides is 2. The normalized spacial score (nSPS) is 12.3. The van der Waals surface area contributed by atoms with E-state index in [1.807, 2.05) is 13.8 Å². The van der Waals surface area contributed by atoms with Gasteiger partial charge in [-0.3, -0.25) is 13.9 Å². The van der Waals surface area contributed by atoms with Crippen molar-refractivity contribution in [3.05, 3.63) is 62.7 Å². The third kappa shape index (κ3) is 8.46. The van der Waals surface area contributed by atoms with E-state index in [1.165, 1.54) is 4.90 Å². The van der Waals surface area contributed by atoms with Gasteiger partial charge >= 0.3 is 0 Å². The molecule has 0 unspecified atom stereocenters. The van der Waals surface area contributed by atoms with Gasteiger partial charge in [-0.05, 0) is 77.4 Å². The van der Waals surface area contributed by atoms with Gasteiger partial charge in [0.15, 0.2) is 0 Å². The summed E-state index contributed by atoms with van der Waals surface area (Å²) in [6, 6.07) is 13.0. The van der Waals surface area contributed by atoms with Crippen LogP contribution in [0.5, 0.6) is 0 Å². The summed E-state index contributed by atoms with van der Waals surface area (Å²) in [7, 11) is -3.74. The van der Waals surface area contributed by atoms with Gasteiger partial charge in [-0.1, -0.05) is 37.6 Å². The number of hydrogen-bond donors (Lipinski definition) is 1. The van der Waals surface area contributed by atoms with Crippen molar-refractivity contribution in [3.8, 4) is 0 Å². The molecule has 1 N–H and O–H groups in total. The maximum atomic E-state index is 13.4. The zero-order valence-corrected chi connectivity index (χ0v) is 22.8. The van der Waals surface area contributed by atoms with Gasteiger partial charge < -0.3 is 10.2 Å². The molecule has 0 aliphatic heterocycles. The fraction of sp³-hybridized carbons (Fsp3) is 0.391. The van der Waals surface area contributed by atoms with E-state index in [1.54, 1.807) is 55.5 Å². The number of carbonyl (C=O) groups excluding carboxylic acids is 2. The molecule has 10 heteroatoms. The van der Waals surface area contributed by atoms with Crippen LogP contribution in [0.25, 0.3) is 0 Å². The summed E-state index contributed by atoms with van der Waals surface area (Å²) in [6.07, 6.45) is 1.05. The van der Waals surface area contributed by atoms with Crippen LogP contribution in [0.2, 0.25) is 5.02 Å². The van der Waals surface area contributed by atoms with E-state index in [4.69, 9.17) is 11.6 Å². The maximum absolute atomic E-state index is 13.4. The molecule has 0 spiro atoms. The molecule has 2 rings (SSSR count). The van der Waals surface area contributed by atoms with Crippen molar-refractivity contribution >= 4 is 61.7 Å². The summed E-state index contributed by atoms with van der Waals surface area (Å²) in [4.78, 5) is 27.6. The van der Waals surface area contributed by atoms with Crippen molar-refractivity contribution in [3.63, 3.8) is 0 Å². The molecule has 0 aromatic heterocycles. The van der Waals surface area contributed by atoms with E-state index in [0.29, 0.717) is 17.3 Å². The van der Waals surface area contributed by atoms with Gasteiger partial charge in [0.1, 0.15) is 12.6 Å². The zero-order valence-electron chi connectivity index (χ0n) is 19.1. The first-order chi connectivity index (χ1) is 15.4. The minimum absolute atomic E-state index is 0.111. The van der Waals surface area contributed by atoms with Gasteiger partial charge in [0.25, 0.3) is 0 Å². The van der Waals surface area contributed by atoms with E-state index in [2.05, 4.69) is 27.9 Å². The number of sulfonamides is 1. The molecule has 180 valence electrons. The monoisotopic (exact) mass is 605 g/mol. The quantitative estimate of drug-likeness (QED) is 0.417. The molecule has 0 saturated carbocycles. The number of carbonyl (C=O) groups is 2. The minimum atomic E-state index is -3.74. The molecule has 0 bridgehead atoms. The van der Waals surface area contributed by atoms with Crippen LogP contribution in [0.1, 0.15) is 26.3 Å². The first-order valence-corrected chi connectivity index (χ1v) is 13.7. The van der Waals surface area contributed by atoms with Crippen LogP contribution in [-0.2, 0) is 26.2 Å². The second-order valence-electron chi connectivity index (χ2n) is 8.21. The number of rotatable bonds is 10. The molecule has 0 aliphatic carbocycles. The van der Waals surface area contributed by atoms with Crippen LogP contribution in [0, 0.1) is 9.49 Å². The summed E-state index contributed by atoms with van der Waals surface area (Å²) in [5, 5.41) is 3.35. The molecule has 0 heterocycles. The summed E-state index contributed by atoms with van der Waals surface area (Å²) < 4.78 is 27.0. The second-order valence-corrected chi connectivity index (χ2v) is 11.8. The average molecular weight is 606 g/mol. The molecule has 0 radical (unpaired) electrons. The van der Waals surface area contributed by atoms with Crippen molar-refractivity contribution < 1.29 is 18.0 Å². The standard InChI is InChI=1S/C23H29ClIN3O4S/c1-16(2)13-26-23(30)17(3)27(14-18-6-5-7-19(24)12-18)22(29)15-28(33(4,31)32)21-10-8-20(25)9-11-21/h5-12,16-17H,13-15H2,1-4H3,(H,26,30)/t17-/m1/s1. The van der Waals surface area contributed by atoms with Crippen LogP contribution < -0.4 is 9.62 Å². The molecule has 2 amide bonds. The number of nitrogens with one attached hydrogen (secondary N) is 1. The molecular weight excluding hydrogens is 577 g/mol. The Morgan fingerprint density at radius 2 is 1.73 bits per heavy atom. The molecule has 7 nitrogen and oxygen atoms in total. The van der Waals surface area contributed by atoms with Gasteiger partial charge in [0, 0.05) is 21.7 Å². The molecule has 1 atom stereocenters. The van der Waals surface area contributed by atoms with Gasteiger partial charge in [-0.2, -0.15) is 0 Å². The topological polar surface area (TPSA) is 86.8 Å². The fourth-order valence-corrected chi connectivity index (χ4v) is 4.51. The molecule has 0 saturated heterocycles. The van der Waals surface area contributed by atoms with Gasteiger partial charge in [-0.25, -0.2) is 8.42 Å². The van der Waals surface area contributed by atoms with E-state index in [0.717, 1.165) is 19.7 Å². The Labute approximate surface area is 214 Å². The largest absolute Gasteiger partial charge is 0.354 e. The highest BCUT2D eigenvalue weighted by Crippen LogP contribution is 2.21. The Morgan fingerprint density at radius 1 is 1.09 bits per heavy atom. The van der Waals surface area contributed by atoms with Crippen molar-refractivity contribution in [2.45, 2.75) is 33.4 Å². The van der Waals surface area contributed by atoms with Crippen molar-refractivity contribution in [1.82, 2.24) is 10.2 Å².